The first-order chi connectivity index (χ1) is 14.1. The lowest BCUT2D eigenvalue weighted by Gasteiger charge is -2.06. The van der Waals surface area contributed by atoms with E-state index in [1.807, 2.05) is 5.38 Å². The van der Waals surface area contributed by atoms with E-state index in [2.05, 4.69) is 46.4 Å². The van der Waals surface area contributed by atoms with E-state index in [0.29, 0.717) is 22.5 Å². The Balaban J connectivity index is 1.35. The molecule has 2 aromatic heterocycles. The Morgan fingerprint density at radius 2 is 1.86 bits per heavy atom. The van der Waals surface area contributed by atoms with Gasteiger partial charge in [-0.2, -0.15) is 0 Å². The van der Waals surface area contributed by atoms with Gasteiger partial charge in [-0.05, 0) is 31.2 Å². The third kappa shape index (κ3) is 4.75. The number of rotatable bonds is 7. The Bertz CT molecular complexity index is 1090. The molecule has 0 fully saturated rings. The molecule has 2 aromatic carbocycles. The van der Waals surface area contributed by atoms with Crippen LogP contribution >= 0.6 is 23.1 Å². The lowest BCUT2D eigenvalue weighted by Crippen LogP contribution is -2.15. The van der Waals surface area contributed by atoms with E-state index in [9.17, 15) is 4.39 Å². The standard InChI is InChI=1S/C20H18FN5OS2/c1-13-2-4-14(5-3-13)19-23-16(11-28-19)12-29-20-25-24-18(26(20)22)10-27-17-8-6-15(21)7-9-17/h2-9,11H,10,12,22H2,1H3. The number of thiazole rings is 1. The molecular weight excluding hydrogens is 409 g/mol. The lowest BCUT2D eigenvalue weighted by atomic mass is 10.2. The Morgan fingerprint density at radius 1 is 1.10 bits per heavy atom. The van der Waals surface area contributed by atoms with Crippen molar-refractivity contribution in [3.8, 4) is 16.3 Å². The van der Waals surface area contributed by atoms with Gasteiger partial charge in [0.1, 0.15) is 23.2 Å². The van der Waals surface area contributed by atoms with Crippen molar-refractivity contribution in [3.63, 3.8) is 0 Å². The summed E-state index contributed by atoms with van der Waals surface area (Å²) in [4.78, 5) is 4.69. The van der Waals surface area contributed by atoms with Gasteiger partial charge in [0.05, 0.1) is 5.69 Å². The summed E-state index contributed by atoms with van der Waals surface area (Å²) in [5.74, 6) is 7.42. The van der Waals surface area contributed by atoms with Crippen molar-refractivity contribution < 1.29 is 9.13 Å². The fraction of sp³-hybridized carbons (Fsp3) is 0.150. The Morgan fingerprint density at radius 3 is 2.62 bits per heavy atom. The van der Waals surface area contributed by atoms with E-state index in [1.165, 1.54) is 34.1 Å². The van der Waals surface area contributed by atoms with E-state index >= 15 is 0 Å². The van der Waals surface area contributed by atoms with E-state index in [1.54, 1.807) is 23.5 Å². The SMILES string of the molecule is Cc1ccc(-c2nc(CSc3nnc(COc4ccc(F)cc4)n3N)cs2)cc1. The molecule has 4 rings (SSSR count). The van der Waals surface area contributed by atoms with E-state index in [0.717, 1.165) is 16.3 Å². The minimum Gasteiger partial charge on any atom is -0.486 e. The average molecular weight is 428 g/mol. The zero-order valence-corrected chi connectivity index (χ0v) is 17.2. The largest absolute Gasteiger partial charge is 0.486 e. The highest BCUT2D eigenvalue weighted by Crippen LogP contribution is 2.27. The molecule has 0 bridgehead atoms. The summed E-state index contributed by atoms with van der Waals surface area (Å²) in [6, 6.07) is 14.1. The van der Waals surface area contributed by atoms with Gasteiger partial charge in [0.25, 0.3) is 0 Å². The van der Waals surface area contributed by atoms with Gasteiger partial charge in [-0.1, -0.05) is 41.6 Å². The Labute approximate surface area is 175 Å². The quantitative estimate of drug-likeness (QED) is 0.347. The molecule has 29 heavy (non-hydrogen) atoms. The third-order valence-corrected chi connectivity index (χ3v) is 6.03. The van der Waals surface area contributed by atoms with E-state index in [-0.39, 0.29) is 12.4 Å². The topological polar surface area (TPSA) is 78.9 Å². The number of ether oxygens (including phenoxy) is 1. The molecule has 6 nitrogen and oxygen atoms in total. The van der Waals surface area contributed by atoms with Gasteiger partial charge in [0.15, 0.2) is 5.82 Å². The molecule has 148 valence electrons. The average Bonchev–Trinajstić information content (AvgIpc) is 3.33. The molecule has 0 aliphatic heterocycles. The molecule has 0 radical (unpaired) electrons. The molecule has 0 aliphatic rings. The number of benzene rings is 2. The minimum absolute atomic E-state index is 0.143. The van der Waals surface area contributed by atoms with E-state index in [4.69, 9.17) is 10.6 Å². The molecule has 0 unspecified atom stereocenters. The van der Waals surface area contributed by atoms with Crippen LogP contribution in [-0.4, -0.2) is 19.9 Å². The molecule has 2 heterocycles. The number of halogens is 1. The molecule has 0 amide bonds. The van der Waals surface area contributed by atoms with Crippen molar-refractivity contribution in [2.75, 3.05) is 5.84 Å². The van der Waals surface area contributed by atoms with Gasteiger partial charge in [-0.25, -0.2) is 14.1 Å². The number of hydrogen-bond acceptors (Lipinski definition) is 7. The molecule has 4 aromatic rings. The number of aryl methyl sites for hydroxylation is 1. The summed E-state index contributed by atoms with van der Waals surface area (Å²) < 4.78 is 19.9. The second-order valence-electron chi connectivity index (χ2n) is 6.31. The van der Waals surface area contributed by atoms with Gasteiger partial charge < -0.3 is 10.6 Å². The van der Waals surface area contributed by atoms with E-state index < -0.39 is 0 Å². The first-order valence-electron chi connectivity index (χ1n) is 8.80. The highest BCUT2D eigenvalue weighted by molar-refractivity contribution is 7.98. The molecule has 0 spiro atoms. The van der Waals surface area contributed by atoms with Crippen LogP contribution in [-0.2, 0) is 12.4 Å². The van der Waals surface area contributed by atoms with Crippen LogP contribution in [0.3, 0.4) is 0 Å². The number of hydrogen-bond donors (Lipinski definition) is 1. The predicted molar refractivity (Wildman–Crippen MR) is 113 cm³/mol. The highest BCUT2D eigenvalue weighted by atomic mass is 32.2. The fourth-order valence-electron chi connectivity index (χ4n) is 2.52. The zero-order chi connectivity index (χ0) is 20.2. The van der Waals surface area contributed by atoms with Crippen molar-refractivity contribution in [1.29, 1.82) is 0 Å². The summed E-state index contributed by atoms with van der Waals surface area (Å²) in [7, 11) is 0. The monoisotopic (exact) mass is 427 g/mol. The maximum absolute atomic E-state index is 12.9. The van der Waals surface area contributed by atoms with Crippen LogP contribution in [0, 0.1) is 12.7 Å². The number of nitrogens with zero attached hydrogens (tertiary/aromatic N) is 4. The predicted octanol–water partition coefficient (Wildman–Crippen LogP) is 4.43. The molecule has 0 saturated heterocycles. The van der Waals surface area contributed by atoms with Crippen molar-refractivity contribution in [3.05, 3.63) is 76.8 Å². The van der Waals surface area contributed by atoms with Crippen LogP contribution in [0.15, 0.2) is 59.1 Å². The Hall–Kier alpha value is -2.91. The van der Waals surface area contributed by atoms with Gasteiger partial charge >= 0.3 is 0 Å². The molecule has 0 saturated carbocycles. The van der Waals surface area contributed by atoms with Crippen molar-refractivity contribution in [2.45, 2.75) is 24.4 Å². The lowest BCUT2D eigenvalue weighted by molar-refractivity contribution is 0.291. The molecular formula is C20H18FN5OS2. The molecule has 0 atom stereocenters. The smallest absolute Gasteiger partial charge is 0.210 e. The minimum atomic E-state index is -0.314. The number of thioether (sulfide) groups is 1. The molecule has 2 N–H and O–H groups in total. The van der Waals surface area contributed by atoms with Gasteiger partial charge in [0.2, 0.25) is 5.16 Å². The van der Waals surface area contributed by atoms with Crippen LogP contribution in [0.4, 0.5) is 4.39 Å². The number of nitrogens with two attached hydrogens (primary N) is 1. The summed E-state index contributed by atoms with van der Waals surface area (Å²) in [5.41, 5.74) is 3.30. The second kappa shape index (κ2) is 8.62. The first-order valence-corrected chi connectivity index (χ1v) is 10.7. The van der Waals surface area contributed by atoms with Crippen molar-refractivity contribution in [2.24, 2.45) is 0 Å². The summed E-state index contributed by atoms with van der Waals surface area (Å²) >= 11 is 3.07. The maximum atomic E-state index is 12.9. The van der Waals surface area contributed by atoms with Gasteiger partial charge in [-0.3, -0.25) is 0 Å². The zero-order valence-electron chi connectivity index (χ0n) is 15.6. The summed E-state index contributed by atoms with van der Waals surface area (Å²) in [6.45, 7) is 2.21. The Kier molecular flexibility index (Phi) is 5.77. The summed E-state index contributed by atoms with van der Waals surface area (Å²) in [6.07, 6.45) is 0. The van der Waals surface area contributed by atoms with Crippen LogP contribution in [0.1, 0.15) is 17.1 Å². The van der Waals surface area contributed by atoms with Crippen molar-refractivity contribution in [1.82, 2.24) is 19.9 Å². The van der Waals surface area contributed by atoms with Crippen LogP contribution in [0.2, 0.25) is 0 Å². The van der Waals surface area contributed by atoms with Crippen molar-refractivity contribution >= 4 is 23.1 Å². The number of nitrogen functional groups attached to an aromatic ring is 1. The highest BCUT2D eigenvalue weighted by Gasteiger charge is 2.12. The van der Waals surface area contributed by atoms with Gasteiger partial charge in [0, 0.05) is 16.7 Å². The fourth-order valence-corrected chi connectivity index (χ4v) is 4.22. The van der Waals surface area contributed by atoms with Gasteiger partial charge in [-0.15, -0.1) is 21.5 Å². The summed E-state index contributed by atoms with van der Waals surface area (Å²) in [5, 5.41) is 11.8. The third-order valence-electron chi connectivity index (χ3n) is 4.12. The maximum Gasteiger partial charge on any atom is 0.210 e. The van der Waals surface area contributed by atoms with Crippen LogP contribution in [0.25, 0.3) is 10.6 Å². The molecule has 0 aliphatic carbocycles. The van der Waals surface area contributed by atoms with Crippen LogP contribution in [0.5, 0.6) is 5.75 Å². The first kappa shape index (κ1) is 19.4. The second-order valence-corrected chi connectivity index (χ2v) is 8.11. The number of aromatic nitrogens is 4. The normalized spacial score (nSPS) is 11.0. The van der Waals surface area contributed by atoms with Crippen LogP contribution < -0.4 is 10.6 Å². The molecule has 9 heteroatoms.